The number of carboxylic acids is 2. The molecule has 0 unspecified atom stereocenters. The average molecular weight is 1150 g/mol. The minimum absolute atomic E-state index is 0.0115. The number of ether oxygens (including phenoxy) is 1. The number of carbonyl (C=O) groups is 11. The van der Waals surface area contributed by atoms with Crippen LogP contribution in [0, 0.1) is 11.8 Å². The molecule has 27 nitrogen and oxygen atoms in total. The molecule has 82 heavy (non-hydrogen) atoms. The van der Waals surface area contributed by atoms with Crippen LogP contribution in [0.3, 0.4) is 0 Å². The number of carboxylic acid groups (broad SMARTS) is 2. The van der Waals surface area contributed by atoms with Gasteiger partial charge in [0.1, 0.15) is 54.9 Å². The highest BCUT2D eigenvalue weighted by Crippen LogP contribution is 2.27. The Labute approximate surface area is 477 Å². The number of imidazole rings is 1. The monoisotopic (exact) mass is 1150 g/mol. The van der Waals surface area contributed by atoms with E-state index < -0.39 is 139 Å². The molecule has 2 saturated heterocycles. The fourth-order valence-corrected chi connectivity index (χ4v) is 9.84. The first-order valence-electron chi connectivity index (χ1n) is 28.3. The summed E-state index contributed by atoms with van der Waals surface area (Å²) in [5.41, 5.74) is 18.5. The number of benzene rings is 1. The Morgan fingerprint density at radius 1 is 0.744 bits per heavy atom. The van der Waals surface area contributed by atoms with Crippen molar-refractivity contribution in [3.8, 4) is 0 Å². The van der Waals surface area contributed by atoms with Gasteiger partial charge in [-0.15, -0.1) is 0 Å². The van der Waals surface area contributed by atoms with Gasteiger partial charge in [0.05, 0.1) is 18.8 Å². The molecule has 2 aliphatic rings. The van der Waals surface area contributed by atoms with Gasteiger partial charge in [-0.05, 0) is 108 Å². The summed E-state index contributed by atoms with van der Waals surface area (Å²) in [4.78, 5) is 162. The molecule has 454 valence electrons. The molecule has 2 aromatic rings. The van der Waals surface area contributed by atoms with Crippen LogP contribution >= 0.6 is 0 Å². The van der Waals surface area contributed by atoms with Crippen molar-refractivity contribution >= 4 is 65.3 Å². The molecule has 9 amide bonds. The van der Waals surface area contributed by atoms with Gasteiger partial charge in [0.15, 0.2) is 0 Å². The number of nitrogens with zero attached hydrogens (tertiary/aromatic N) is 4. The Morgan fingerprint density at radius 2 is 1.34 bits per heavy atom. The van der Waals surface area contributed by atoms with E-state index in [1.165, 1.54) is 22.3 Å². The number of aliphatic carboxylic acids is 2. The summed E-state index contributed by atoms with van der Waals surface area (Å²) >= 11 is 0. The van der Waals surface area contributed by atoms with E-state index in [4.69, 9.17) is 21.9 Å². The molecule has 0 bridgehead atoms. The number of H-pyrrole nitrogens is 1. The number of amides is 9. The minimum Gasteiger partial charge on any atom is -0.481 e. The lowest BCUT2D eigenvalue weighted by molar-refractivity contribution is -0.149. The number of nitrogens with two attached hydrogens (primary N) is 3. The van der Waals surface area contributed by atoms with Gasteiger partial charge in [0.25, 0.3) is 5.91 Å². The van der Waals surface area contributed by atoms with Gasteiger partial charge >= 0.3 is 18.0 Å². The third kappa shape index (κ3) is 19.9. The summed E-state index contributed by atoms with van der Waals surface area (Å²) in [7, 11) is 0. The number of aromatic amines is 1. The van der Waals surface area contributed by atoms with Crippen LogP contribution in [-0.2, 0) is 65.7 Å². The van der Waals surface area contributed by atoms with Gasteiger partial charge in [-0.2, -0.15) is 0 Å². The van der Waals surface area contributed by atoms with Crippen molar-refractivity contribution < 1.29 is 67.7 Å². The van der Waals surface area contributed by atoms with E-state index in [9.17, 15) is 63.0 Å². The molecule has 0 aliphatic carbocycles. The van der Waals surface area contributed by atoms with E-state index in [0.29, 0.717) is 74.2 Å². The Kier molecular flexibility index (Phi) is 27.3. The van der Waals surface area contributed by atoms with Gasteiger partial charge < -0.3 is 73.5 Å². The maximum absolute atomic E-state index is 14.8. The summed E-state index contributed by atoms with van der Waals surface area (Å²) in [5, 5.41) is 32.8. The SMILES string of the molecule is CC[C@H](C)[C@H](NC(=O)[C@H](C)N(C(=O)OCc1ccccc1)C(=O)[C@H](CC(=O)O)NC(=O)[C@H](CC(C)C)NC(=O)[C@@H](N)Cc1cnc[nH]1)C(=O)N1CCC[C@H]1C(=O)N1CCC[C@H]1C(=O)N[C@@H](CCCCN)C(=O)N[C@@H](CCCCN)C(=O)O. The molecule has 3 heterocycles. The first kappa shape index (κ1) is 67.0. The van der Waals surface area contributed by atoms with Crippen molar-refractivity contribution in [1.29, 1.82) is 0 Å². The predicted molar refractivity (Wildman–Crippen MR) is 297 cm³/mol. The number of unbranched alkanes of at least 4 members (excludes halogenated alkanes) is 2. The summed E-state index contributed by atoms with van der Waals surface area (Å²) in [6, 6.07) is -3.92. The first-order valence-corrected chi connectivity index (χ1v) is 28.3. The summed E-state index contributed by atoms with van der Waals surface area (Å²) in [6.07, 6.45) is 4.16. The zero-order valence-electron chi connectivity index (χ0n) is 47.6. The van der Waals surface area contributed by atoms with Crippen LogP contribution in [0.1, 0.15) is 129 Å². The molecule has 2 fully saturated rings. The molecule has 14 N–H and O–H groups in total. The Hall–Kier alpha value is -7.52. The van der Waals surface area contributed by atoms with Crippen LogP contribution in [0.25, 0.3) is 0 Å². The quantitative estimate of drug-likeness (QED) is 0.0424. The van der Waals surface area contributed by atoms with Gasteiger partial charge in [-0.3, -0.25) is 43.2 Å². The molecule has 10 atom stereocenters. The normalized spacial score (nSPS) is 17.9. The molecule has 0 spiro atoms. The Morgan fingerprint density at radius 3 is 1.93 bits per heavy atom. The van der Waals surface area contributed by atoms with Crippen LogP contribution in [-0.4, -0.2) is 181 Å². The summed E-state index contributed by atoms with van der Waals surface area (Å²) in [6.45, 7) is 8.58. The van der Waals surface area contributed by atoms with E-state index in [1.54, 1.807) is 58.0 Å². The number of hydrogen-bond donors (Lipinski definition) is 11. The standard InChI is InChI=1S/C55H85N13O14/c1-6-33(4)45(53(78)67-25-15-21-43(67)52(77)66-24-14-20-42(66)50(75)61-38(18-10-12-22-56)48(73)62-39(54(79)80)19-11-13-23-57)65-46(71)34(5)68(55(81)82-30-35-16-8-7-9-17-35)51(76)41(28-44(69)70)64-49(74)40(26-32(2)3)63-47(72)37(58)27-36-29-59-31-60-36/h7-9,16-17,29,31-34,37-43,45H,6,10-15,18-28,30,56-58H2,1-5H3,(H,59,60)(H,61,75)(H,62,73)(H,63,72)(H,64,74)(H,65,71)(H,69,70)(H,79,80)/t33-,34-,37-,38-,39-,40-,41-,42-,43-,45-/m0/s1. The predicted octanol–water partition coefficient (Wildman–Crippen LogP) is 0.149. The van der Waals surface area contributed by atoms with Crippen molar-refractivity contribution in [1.82, 2.24) is 51.3 Å². The number of imide groups is 1. The number of nitrogens with one attached hydrogen (secondary N) is 6. The van der Waals surface area contributed by atoms with Crippen LogP contribution in [0.4, 0.5) is 4.79 Å². The van der Waals surface area contributed by atoms with Crippen molar-refractivity contribution in [2.75, 3.05) is 26.2 Å². The Bertz CT molecular complexity index is 2480. The maximum Gasteiger partial charge on any atom is 0.417 e. The number of likely N-dealkylation sites (tertiary alicyclic amines) is 2. The second-order valence-electron chi connectivity index (χ2n) is 21.4. The second-order valence-corrected chi connectivity index (χ2v) is 21.4. The number of hydrogen-bond acceptors (Lipinski definition) is 16. The molecule has 1 aromatic heterocycles. The van der Waals surface area contributed by atoms with Gasteiger partial charge in [-0.25, -0.2) is 19.5 Å². The lowest BCUT2D eigenvalue weighted by Crippen LogP contribution is -2.62. The van der Waals surface area contributed by atoms with Gasteiger partial charge in [0.2, 0.25) is 41.4 Å². The highest BCUT2D eigenvalue weighted by molar-refractivity contribution is 6.04. The van der Waals surface area contributed by atoms with Crippen molar-refractivity contribution in [2.45, 2.75) is 185 Å². The smallest absolute Gasteiger partial charge is 0.417 e. The van der Waals surface area contributed by atoms with Gasteiger partial charge in [0, 0.05) is 31.4 Å². The van der Waals surface area contributed by atoms with E-state index in [1.807, 2.05) is 0 Å². The van der Waals surface area contributed by atoms with E-state index >= 15 is 0 Å². The molecule has 27 heteroatoms. The highest BCUT2D eigenvalue weighted by Gasteiger charge is 2.46. The topological polar surface area (TPSA) is 414 Å². The lowest BCUT2D eigenvalue weighted by atomic mass is 9.96. The maximum atomic E-state index is 14.8. The lowest BCUT2D eigenvalue weighted by Gasteiger charge is -2.35. The molecular weight excluding hydrogens is 1070 g/mol. The van der Waals surface area contributed by atoms with E-state index in [0.717, 1.165) is 6.92 Å². The third-order valence-corrected chi connectivity index (χ3v) is 14.6. The Balaban J connectivity index is 1.59. The average Bonchev–Trinajstić information content (AvgIpc) is 4.29. The zero-order chi connectivity index (χ0) is 60.6. The molecule has 1 aromatic carbocycles. The third-order valence-electron chi connectivity index (χ3n) is 14.6. The van der Waals surface area contributed by atoms with Crippen LogP contribution < -0.4 is 43.8 Å². The van der Waals surface area contributed by atoms with Crippen LogP contribution in [0.15, 0.2) is 42.9 Å². The number of aromatic nitrogens is 2. The first-order chi connectivity index (χ1) is 39.0. The largest absolute Gasteiger partial charge is 0.481 e. The van der Waals surface area contributed by atoms with Crippen LogP contribution in [0.5, 0.6) is 0 Å². The fourth-order valence-electron chi connectivity index (χ4n) is 9.84. The van der Waals surface area contributed by atoms with Crippen molar-refractivity contribution in [3.63, 3.8) is 0 Å². The van der Waals surface area contributed by atoms with Crippen molar-refractivity contribution in [2.24, 2.45) is 29.0 Å². The second kappa shape index (κ2) is 33.4. The van der Waals surface area contributed by atoms with Crippen molar-refractivity contribution in [3.05, 3.63) is 54.1 Å². The zero-order valence-corrected chi connectivity index (χ0v) is 47.6. The van der Waals surface area contributed by atoms with Gasteiger partial charge in [-0.1, -0.05) is 64.4 Å². The molecule has 0 radical (unpaired) electrons. The molecule has 2 aliphatic heterocycles. The number of carbonyl (C=O) groups excluding carboxylic acids is 9. The number of rotatable bonds is 33. The van der Waals surface area contributed by atoms with Crippen LogP contribution in [0.2, 0.25) is 0 Å². The summed E-state index contributed by atoms with van der Waals surface area (Å²) in [5.74, 6) is -10.4. The minimum atomic E-state index is -2.02. The molecule has 4 rings (SSSR count). The highest BCUT2D eigenvalue weighted by atomic mass is 16.6. The van der Waals surface area contributed by atoms with E-state index in [2.05, 4.69) is 36.6 Å². The fraction of sp³-hybridized carbons (Fsp3) is 0.636. The molecular formula is C55H85N13O14. The molecule has 0 saturated carbocycles. The van der Waals surface area contributed by atoms with E-state index in [-0.39, 0.29) is 57.5 Å². The summed E-state index contributed by atoms with van der Waals surface area (Å²) < 4.78 is 5.53.